The van der Waals surface area contributed by atoms with E-state index < -0.39 is 0 Å². The van der Waals surface area contributed by atoms with Crippen molar-refractivity contribution in [1.29, 1.82) is 0 Å². The van der Waals surface area contributed by atoms with Crippen LogP contribution in [0.25, 0.3) is 0 Å². The summed E-state index contributed by atoms with van der Waals surface area (Å²) >= 11 is 0. The second-order valence-corrected chi connectivity index (χ2v) is 4.26. The lowest BCUT2D eigenvalue weighted by Gasteiger charge is -2.22. The largest absolute Gasteiger partial charge is 0.352 e. The quantitative estimate of drug-likeness (QED) is 0.805. The Kier molecular flexibility index (Phi) is 3.43. The van der Waals surface area contributed by atoms with E-state index in [1.165, 1.54) is 19.3 Å². The van der Waals surface area contributed by atoms with Crippen molar-refractivity contribution in [2.75, 3.05) is 0 Å². The number of amides is 1. The Labute approximate surface area is 90.5 Å². The Balaban J connectivity index is 1.76. The number of aromatic nitrogens is 1. The van der Waals surface area contributed by atoms with Crippen LogP contribution in [0.1, 0.15) is 32.1 Å². The van der Waals surface area contributed by atoms with Crippen molar-refractivity contribution < 1.29 is 4.79 Å². The topological polar surface area (TPSA) is 34.0 Å². The Bertz CT molecular complexity index is 299. The van der Waals surface area contributed by atoms with Gasteiger partial charge in [0.2, 0.25) is 5.91 Å². The highest BCUT2D eigenvalue weighted by molar-refractivity contribution is 5.76. The molecule has 1 aliphatic carbocycles. The lowest BCUT2D eigenvalue weighted by atomic mass is 9.95. The predicted molar refractivity (Wildman–Crippen MR) is 59.4 cm³/mol. The average molecular weight is 206 g/mol. The van der Waals surface area contributed by atoms with E-state index in [1.807, 2.05) is 29.1 Å². The maximum atomic E-state index is 11.6. The Hall–Kier alpha value is -1.25. The molecule has 1 amide bonds. The van der Waals surface area contributed by atoms with Crippen LogP contribution in [0.15, 0.2) is 24.5 Å². The summed E-state index contributed by atoms with van der Waals surface area (Å²) in [6.07, 6.45) is 9.97. The van der Waals surface area contributed by atoms with Gasteiger partial charge in [0, 0.05) is 18.4 Å². The van der Waals surface area contributed by atoms with Gasteiger partial charge >= 0.3 is 0 Å². The van der Waals surface area contributed by atoms with E-state index in [9.17, 15) is 4.79 Å². The molecule has 0 unspecified atom stereocenters. The summed E-state index contributed by atoms with van der Waals surface area (Å²) in [6, 6.07) is 4.30. The fraction of sp³-hybridized carbons (Fsp3) is 0.583. The summed E-state index contributed by atoms with van der Waals surface area (Å²) in [4.78, 5) is 11.6. The summed E-state index contributed by atoms with van der Waals surface area (Å²) in [6.45, 7) is 0.448. The molecule has 2 rings (SSSR count). The minimum Gasteiger partial charge on any atom is -0.352 e. The normalized spacial score (nSPS) is 17.6. The third-order valence-corrected chi connectivity index (χ3v) is 2.96. The molecule has 3 heteroatoms. The van der Waals surface area contributed by atoms with Crippen molar-refractivity contribution in [3.05, 3.63) is 24.5 Å². The molecule has 82 valence electrons. The second kappa shape index (κ2) is 5.01. The number of carbonyl (C=O) groups excluding carboxylic acids is 1. The maximum Gasteiger partial charge on any atom is 0.240 e. The molecule has 0 atom stereocenters. The Morgan fingerprint density at radius 1 is 1.20 bits per heavy atom. The molecule has 0 radical (unpaired) electrons. The number of rotatable bonds is 3. The highest BCUT2D eigenvalue weighted by atomic mass is 16.2. The van der Waals surface area contributed by atoms with Crippen LogP contribution < -0.4 is 5.32 Å². The van der Waals surface area contributed by atoms with E-state index in [1.54, 1.807) is 0 Å². The zero-order valence-electron chi connectivity index (χ0n) is 8.98. The molecule has 15 heavy (non-hydrogen) atoms. The SMILES string of the molecule is O=C(Cn1cccc1)NC1CCCCC1. The van der Waals surface area contributed by atoms with Gasteiger partial charge in [0.15, 0.2) is 0 Å². The van der Waals surface area contributed by atoms with Gasteiger partial charge in [-0.2, -0.15) is 0 Å². The number of hydrogen-bond acceptors (Lipinski definition) is 1. The molecule has 0 aliphatic heterocycles. The fourth-order valence-electron chi connectivity index (χ4n) is 2.16. The molecule has 0 spiro atoms. The van der Waals surface area contributed by atoms with E-state index in [0.29, 0.717) is 12.6 Å². The molecule has 1 aromatic rings. The standard InChI is InChI=1S/C12H18N2O/c15-12(10-14-8-4-5-9-14)13-11-6-2-1-3-7-11/h4-5,8-9,11H,1-3,6-7,10H2,(H,13,15). The van der Waals surface area contributed by atoms with E-state index in [4.69, 9.17) is 0 Å². The highest BCUT2D eigenvalue weighted by Crippen LogP contribution is 2.17. The van der Waals surface area contributed by atoms with Crippen molar-refractivity contribution in [1.82, 2.24) is 9.88 Å². The lowest BCUT2D eigenvalue weighted by molar-refractivity contribution is -0.122. The first-order valence-electron chi connectivity index (χ1n) is 5.75. The Morgan fingerprint density at radius 2 is 1.87 bits per heavy atom. The molecule has 1 aliphatic rings. The van der Waals surface area contributed by atoms with Gasteiger partial charge in [-0.25, -0.2) is 0 Å². The molecule has 1 aromatic heterocycles. The number of nitrogens with one attached hydrogen (secondary N) is 1. The zero-order chi connectivity index (χ0) is 10.5. The molecule has 0 saturated heterocycles. The lowest BCUT2D eigenvalue weighted by Crippen LogP contribution is -2.37. The number of hydrogen-bond donors (Lipinski definition) is 1. The molecular formula is C12H18N2O. The van der Waals surface area contributed by atoms with Crippen LogP contribution in [0.4, 0.5) is 0 Å². The zero-order valence-corrected chi connectivity index (χ0v) is 8.98. The van der Waals surface area contributed by atoms with E-state index in [-0.39, 0.29) is 5.91 Å². The first-order valence-corrected chi connectivity index (χ1v) is 5.75. The van der Waals surface area contributed by atoms with Crippen LogP contribution in [0.5, 0.6) is 0 Å². The molecule has 3 nitrogen and oxygen atoms in total. The second-order valence-electron chi connectivity index (χ2n) is 4.26. The fourth-order valence-corrected chi connectivity index (χ4v) is 2.16. The molecule has 1 saturated carbocycles. The van der Waals surface area contributed by atoms with Gasteiger partial charge in [-0.1, -0.05) is 19.3 Å². The molecule has 1 heterocycles. The maximum absolute atomic E-state index is 11.6. The highest BCUT2D eigenvalue weighted by Gasteiger charge is 2.15. The minimum absolute atomic E-state index is 0.137. The first kappa shape index (κ1) is 10.3. The van der Waals surface area contributed by atoms with E-state index in [2.05, 4.69) is 5.32 Å². The molecule has 1 fully saturated rings. The van der Waals surface area contributed by atoms with Crippen LogP contribution in [0.3, 0.4) is 0 Å². The van der Waals surface area contributed by atoms with E-state index in [0.717, 1.165) is 12.8 Å². The number of carbonyl (C=O) groups is 1. The van der Waals surface area contributed by atoms with Crippen molar-refractivity contribution >= 4 is 5.91 Å². The molecule has 0 aromatic carbocycles. The first-order chi connectivity index (χ1) is 7.34. The average Bonchev–Trinajstić information content (AvgIpc) is 2.71. The van der Waals surface area contributed by atoms with Gasteiger partial charge in [-0.3, -0.25) is 4.79 Å². The van der Waals surface area contributed by atoms with Gasteiger partial charge in [0.05, 0.1) is 0 Å². The van der Waals surface area contributed by atoms with Gasteiger partial charge in [-0.15, -0.1) is 0 Å². The predicted octanol–water partition coefficient (Wildman–Crippen LogP) is 1.94. The molecule has 0 bridgehead atoms. The smallest absolute Gasteiger partial charge is 0.240 e. The van der Waals surface area contributed by atoms with Crippen molar-refractivity contribution in [3.63, 3.8) is 0 Å². The summed E-state index contributed by atoms with van der Waals surface area (Å²) < 4.78 is 1.90. The van der Waals surface area contributed by atoms with Gasteiger partial charge < -0.3 is 9.88 Å². The summed E-state index contributed by atoms with van der Waals surface area (Å²) in [5, 5.41) is 3.10. The van der Waals surface area contributed by atoms with Crippen LogP contribution in [-0.2, 0) is 11.3 Å². The van der Waals surface area contributed by atoms with Crippen LogP contribution in [0, 0.1) is 0 Å². The van der Waals surface area contributed by atoms with Crippen molar-refractivity contribution in [3.8, 4) is 0 Å². The van der Waals surface area contributed by atoms with Crippen LogP contribution >= 0.6 is 0 Å². The number of nitrogens with zero attached hydrogens (tertiary/aromatic N) is 1. The third-order valence-electron chi connectivity index (χ3n) is 2.96. The molecule has 1 N–H and O–H groups in total. The monoisotopic (exact) mass is 206 g/mol. The third kappa shape index (κ3) is 3.11. The molecular weight excluding hydrogens is 188 g/mol. The summed E-state index contributed by atoms with van der Waals surface area (Å²) in [5.74, 6) is 0.137. The van der Waals surface area contributed by atoms with Crippen molar-refractivity contribution in [2.45, 2.75) is 44.7 Å². The van der Waals surface area contributed by atoms with Gasteiger partial charge in [0.1, 0.15) is 6.54 Å². The van der Waals surface area contributed by atoms with Crippen LogP contribution in [0.2, 0.25) is 0 Å². The summed E-state index contributed by atoms with van der Waals surface area (Å²) in [7, 11) is 0. The minimum atomic E-state index is 0.137. The van der Waals surface area contributed by atoms with Crippen LogP contribution in [-0.4, -0.2) is 16.5 Å². The Morgan fingerprint density at radius 3 is 2.53 bits per heavy atom. The van der Waals surface area contributed by atoms with Crippen molar-refractivity contribution in [2.24, 2.45) is 0 Å². The summed E-state index contributed by atoms with van der Waals surface area (Å²) in [5.41, 5.74) is 0. The van der Waals surface area contributed by atoms with E-state index >= 15 is 0 Å². The van der Waals surface area contributed by atoms with Gasteiger partial charge in [0.25, 0.3) is 0 Å². The van der Waals surface area contributed by atoms with Gasteiger partial charge in [-0.05, 0) is 25.0 Å².